The Bertz CT molecular complexity index is 332. The van der Waals surface area contributed by atoms with E-state index >= 15 is 0 Å². The number of urea groups is 1. The van der Waals surface area contributed by atoms with Crippen LogP contribution in [-0.2, 0) is 4.79 Å². The van der Waals surface area contributed by atoms with Gasteiger partial charge in [-0.25, -0.2) is 4.79 Å². The molecule has 3 N–H and O–H groups in total. The van der Waals surface area contributed by atoms with Crippen LogP contribution in [0.3, 0.4) is 0 Å². The van der Waals surface area contributed by atoms with E-state index in [4.69, 9.17) is 5.11 Å². The minimum Gasteiger partial charge on any atom is -0.481 e. The molecule has 2 aliphatic carbocycles. The van der Waals surface area contributed by atoms with Crippen molar-refractivity contribution in [2.24, 2.45) is 17.8 Å². The fourth-order valence-corrected chi connectivity index (χ4v) is 3.11. The van der Waals surface area contributed by atoms with Crippen molar-refractivity contribution in [3.05, 3.63) is 0 Å². The third kappa shape index (κ3) is 4.11. The zero-order valence-corrected chi connectivity index (χ0v) is 11.5. The van der Waals surface area contributed by atoms with Crippen LogP contribution in [0.4, 0.5) is 4.79 Å². The van der Waals surface area contributed by atoms with Crippen molar-refractivity contribution in [1.82, 2.24) is 10.6 Å². The summed E-state index contributed by atoms with van der Waals surface area (Å²) >= 11 is 0. The minimum absolute atomic E-state index is 0.0720. The molecular formula is C14H24N2O3. The molecule has 2 rings (SSSR count). The molecule has 0 aromatic rings. The topological polar surface area (TPSA) is 78.4 Å². The number of carboxylic acid groups (broad SMARTS) is 1. The molecule has 0 spiro atoms. The first-order valence-corrected chi connectivity index (χ1v) is 7.31. The summed E-state index contributed by atoms with van der Waals surface area (Å²) in [5.41, 5.74) is 0. The van der Waals surface area contributed by atoms with Crippen molar-refractivity contribution in [1.29, 1.82) is 0 Å². The third-order valence-corrected chi connectivity index (χ3v) is 4.46. The van der Waals surface area contributed by atoms with Gasteiger partial charge in [0.15, 0.2) is 0 Å². The maximum atomic E-state index is 11.7. The van der Waals surface area contributed by atoms with Crippen LogP contribution in [0.15, 0.2) is 0 Å². The van der Waals surface area contributed by atoms with E-state index in [1.165, 1.54) is 0 Å². The molecule has 5 nitrogen and oxygen atoms in total. The molecule has 2 aliphatic rings. The average molecular weight is 268 g/mol. The Kier molecular flexibility index (Phi) is 4.66. The van der Waals surface area contributed by atoms with E-state index in [1.54, 1.807) is 0 Å². The van der Waals surface area contributed by atoms with Crippen LogP contribution in [0.25, 0.3) is 0 Å². The van der Waals surface area contributed by atoms with Gasteiger partial charge in [-0.1, -0.05) is 6.92 Å². The van der Waals surface area contributed by atoms with Crippen LogP contribution in [0.5, 0.6) is 0 Å². The first-order chi connectivity index (χ1) is 9.04. The summed E-state index contributed by atoms with van der Waals surface area (Å²) < 4.78 is 0. The number of rotatable bonds is 4. The number of aliphatic carboxylic acids is 1. The van der Waals surface area contributed by atoms with E-state index in [0.717, 1.165) is 44.4 Å². The van der Waals surface area contributed by atoms with Crippen LogP contribution < -0.4 is 10.6 Å². The Morgan fingerprint density at radius 1 is 1.16 bits per heavy atom. The molecule has 0 atom stereocenters. The molecule has 108 valence electrons. The van der Waals surface area contributed by atoms with Gasteiger partial charge < -0.3 is 15.7 Å². The molecular weight excluding hydrogens is 244 g/mol. The van der Waals surface area contributed by atoms with Crippen molar-refractivity contribution in [2.75, 3.05) is 6.54 Å². The van der Waals surface area contributed by atoms with Crippen LogP contribution >= 0.6 is 0 Å². The summed E-state index contributed by atoms with van der Waals surface area (Å²) in [4.78, 5) is 22.5. The molecule has 5 heteroatoms. The first-order valence-electron chi connectivity index (χ1n) is 7.31. The molecule has 0 heterocycles. The largest absolute Gasteiger partial charge is 0.481 e. The summed E-state index contributed by atoms with van der Waals surface area (Å²) in [5, 5.41) is 14.8. The third-order valence-electron chi connectivity index (χ3n) is 4.46. The number of hydrogen-bond acceptors (Lipinski definition) is 2. The van der Waals surface area contributed by atoms with Crippen molar-refractivity contribution in [3.63, 3.8) is 0 Å². The number of nitrogens with one attached hydrogen (secondary N) is 2. The SMILES string of the molecule is CC1CC(NC(=O)NCC2CCC(C(=O)O)CC2)C1. The maximum Gasteiger partial charge on any atom is 0.315 e. The Morgan fingerprint density at radius 3 is 2.32 bits per heavy atom. The van der Waals surface area contributed by atoms with E-state index in [1.807, 2.05) is 0 Å². The van der Waals surface area contributed by atoms with Crippen LogP contribution in [0.2, 0.25) is 0 Å². The highest BCUT2D eigenvalue weighted by Crippen LogP contribution is 2.28. The quantitative estimate of drug-likeness (QED) is 0.729. The van der Waals surface area contributed by atoms with Gasteiger partial charge in [0, 0.05) is 12.6 Å². The lowest BCUT2D eigenvalue weighted by Gasteiger charge is -2.33. The lowest BCUT2D eigenvalue weighted by atomic mass is 9.82. The fourth-order valence-electron chi connectivity index (χ4n) is 3.11. The van der Waals surface area contributed by atoms with Gasteiger partial charge in [-0.3, -0.25) is 4.79 Å². The predicted octanol–water partition coefficient (Wildman–Crippen LogP) is 1.98. The summed E-state index contributed by atoms with van der Waals surface area (Å²) in [6.07, 6.45) is 5.44. The molecule has 2 amide bonds. The molecule has 0 aliphatic heterocycles. The van der Waals surface area contributed by atoms with Crippen LogP contribution in [-0.4, -0.2) is 29.7 Å². The molecule has 0 saturated heterocycles. The highest BCUT2D eigenvalue weighted by Gasteiger charge is 2.28. The molecule has 2 fully saturated rings. The van der Waals surface area contributed by atoms with E-state index in [-0.39, 0.29) is 11.9 Å². The lowest BCUT2D eigenvalue weighted by molar-refractivity contribution is -0.143. The van der Waals surface area contributed by atoms with Crippen LogP contribution in [0, 0.1) is 17.8 Å². The van der Waals surface area contributed by atoms with Gasteiger partial charge in [-0.2, -0.15) is 0 Å². The monoisotopic (exact) mass is 268 g/mol. The summed E-state index contributed by atoms with van der Waals surface area (Å²) in [6.45, 7) is 2.86. The van der Waals surface area contributed by atoms with E-state index < -0.39 is 5.97 Å². The maximum absolute atomic E-state index is 11.7. The molecule has 0 aromatic carbocycles. The highest BCUT2D eigenvalue weighted by molar-refractivity contribution is 5.74. The number of carbonyl (C=O) groups is 2. The van der Waals surface area contributed by atoms with Crippen molar-refractivity contribution in [2.45, 2.75) is 51.5 Å². The van der Waals surface area contributed by atoms with E-state index in [2.05, 4.69) is 17.6 Å². The Hall–Kier alpha value is -1.26. The highest BCUT2D eigenvalue weighted by atomic mass is 16.4. The van der Waals surface area contributed by atoms with Crippen LogP contribution in [0.1, 0.15) is 45.4 Å². The number of hydrogen-bond donors (Lipinski definition) is 3. The second kappa shape index (κ2) is 6.26. The summed E-state index contributed by atoms with van der Waals surface area (Å²) in [7, 11) is 0. The van der Waals surface area contributed by atoms with E-state index in [0.29, 0.717) is 18.5 Å². The van der Waals surface area contributed by atoms with Crippen molar-refractivity contribution in [3.8, 4) is 0 Å². The second-order valence-corrected chi connectivity index (χ2v) is 6.18. The van der Waals surface area contributed by atoms with Gasteiger partial charge in [-0.15, -0.1) is 0 Å². The fraction of sp³-hybridized carbons (Fsp3) is 0.857. The number of carbonyl (C=O) groups excluding carboxylic acids is 1. The summed E-state index contributed by atoms with van der Waals surface area (Å²) in [6, 6.07) is 0.273. The number of amides is 2. The van der Waals surface area contributed by atoms with Gasteiger partial charge in [0.05, 0.1) is 5.92 Å². The van der Waals surface area contributed by atoms with Gasteiger partial charge in [-0.05, 0) is 50.4 Å². The molecule has 0 aromatic heterocycles. The average Bonchev–Trinajstić information content (AvgIpc) is 2.35. The first kappa shape index (κ1) is 14.2. The van der Waals surface area contributed by atoms with Gasteiger partial charge in [0.25, 0.3) is 0 Å². The summed E-state index contributed by atoms with van der Waals surface area (Å²) in [5.74, 6) is 0.308. The smallest absolute Gasteiger partial charge is 0.315 e. The van der Waals surface area contributed by atoms with Crippen molar-refractivity contribution < 1.29 is 14.7 Å². The standard InChI is InChI=1S/C14H24N2O3/c1-9-6-12(7-9)16-14(19)15-8-10-2-4-11(5-3-10)13(17)18/h9-12H,2-8H2,1H3,(H,17,18)(H2,15,16,19). The Morgan fingerprint density at radius 2 is 1.79 bits per heavy atom. The van der Waals surface area contributed by atoms with Gasteiger partial charge >= 0.3 is 12.0 Å². The predicted molar refractivity (Wildman–Crippen MR) is 71.8 cm³/mol. The number of carboxylic acids is 1. The molecule has 0 bridgehead atoms. The zero-order valence-electron chi connectivity index (χ0n) is 11.5. The zero-order chi connectivity index (χ0) is 13.8. The molecule has 0 unspecified atom stereocenters. The molecule has 0 radical (unpaired) electrons. The Labute approximate surface area is 114 Å². The second-order valence-electron chi connectivity index (χ2n) is 6.18. The normalized spacial score (nSPS) is 34.2. The molecule has 19 heavy (non-hydrogen) atoms. The van der Waals surface area contributed by atoms with Gasteiger partial charge in [0.1, 0.15) is 0 Å². The van der Waals surface area contributed by atoms with E-state index in [9.17, 15) is 9.59 Å². The molecule has 2 saturated carbocycles. The van der Waals surface area contributed by atoms with Crippen molar-refractivity contribution >= 4 is 12.0 Å². The minimum atomic E-state index is -0.678. The van der Waals surface area contributed by atoms with Gasteiger partial charge in [0.2, 0.25) is 0 Å². The Balaban J connectivity index is 1.58. The lowest BCUT2D eigenvalue weighted by Crippen LogP contribution is -2.48.